The fraction of sp³-hybridized carbons (Fsp3) is 1.00. The van der Waals surface area contributed by atoms with Gasteiger partial charge in [0.15, 0.2) is 0 Å². The molecule has 1 atom stereocenters. The lowest BCUT2D eigenvalue weighted by molar-refractivity contribution is 0.500. The van der Waals surface area contributed by atoms with Crippen molar-refractivity contribution < 1.29 is 9.79 Å². The summed E-state index contributed by atoms with van der Waals surface area (Å²) in [6.07, 6.45) is 0. The maximum Gasteiger partial charge on any atom is 0.250 e. The van der Waals surface area contributed by atoms with Crippen LogP contribution in [0.25, 0.3) is 0 Å². The van der Waals surface area contributed by atoms with E-state index in [1.807, 2.05) is 0 Å². The first kappa shape index (κ1) is 9.28. The van der Waals surface area contributed by atoms with Gasteiger partial charge in [-0.2, -0.15) is 0 Å². The molecule has 0 aliphatic carbocycles. The maximum atomic E-state index is 8.60. The lowest BCUT2D eigenvalue weighted by Crippen LogP contribution is -1.82. The Morgan fingerprint density at radius 1 is 1.62 bits per heavy atom. The predicted molar refractivity (Wildman–Crippen MR) is 41.0 cm³/mol. The van der Waals surface area contributed by atoms with Gasteiger partial charge in [-0.3, -0.25) is 0 Å². The van der Waals surface area contributed by atoms with Crippen LogP contribution < -0.4 is 0 Å². The monoisotopic (exact) mass is 196 g/mol. The van der Waals surface area contributed by atoms with Crippen LogP contribution in [0.3, 0.4) is 0 Å². The molecule has 0 saturated carbocycles. The van der Waals surface area contributed by atoms with E-state index >= 15 is 0 Å². The smallest absolute Gasteiger partial charge is 0.250 e. The van der Waals surface area contributed by atoms with Gasteiger partial charge >= 0.3 is 0 Å². The van der Waals surface area contributed by atoms with Crippen LogP contribution in [0.1, 0.15) is 6.92 Å². The number of hydrogen-bond acceptors (Lipinski definition) is 0. The molecule has 0 amide bonds. The van der Waals surface area contributed by atoms with Crippen molar-refractivity contribution in [2.24, 2.45) is 0 Å². The molecule has 2 nitrogen and oxygen atoms in total. The van der Waals surface area contributed by atoms with E-state index in [9.17, 15) is 0 Å². The van der Waals surface area contributed by atoms with Gasteiger partial charge in [0, 0.05) is 5.75 Å². The van der Waals surface area contributed by atoms with E-state index in [0.29, 0.717) is 5.75 Å². The van der Waals surface area contributed by atoms with E-state index in [1.165, 1.54) is 0 Å². The lowest BCUT2D eigenvalue weighted by atomic mass is 11.0. The van der Waals surface area contributed by atoms with Gasteiger partial charge in [0.2, 0.25) is 5.84 Å². The molecular weight excluding hydrogens is 190 g/mol. The van der Waals surface area contributed by atoms with Crippen LogP contribution in [0.4, 0.5) is 0 Å². The number of halogens is 2. The highest BCUT2D eigenvalue weighted by Gasteiger charge is 2.07. The minimum atomic E-state index is -3.24. The van der Waals surface area contributed by atoms with Crippen LogP contribution in [0.15, 0.2) is 0 Å². The van der Waals surface area contributed by atoms with E-state index in [0.717, 1.165) is 0 Å². The second-order valence-electron chi connectivity index (χ2n) is 1.07. The molecule has 0 aromatic carbocycles. The molecular formula is C2H7Cl2O2PS. The van der Waals surface area contributed by atoms with E-state index in [4.69, 9.17) is 31.7 Å². The van der Waals surface area contributed by atoms with Crippen LogP contribution in [-0.2, 0) is 9.29 Å². The molecule has 0 radical (unpaired) electrons. The van der Waals surface area contributed by atoms with Gasteiger partial charge in [-0.1, -0.05) is 6.92 Å². The predicted octanol–water partition coefficient (Wildman–Crippen LogP) is 1.68. The summed E-state index contributed by atoms with van der Waals surface area (Å²) in [5.74, 6) is -2.74. The first-order valence-electron chi connectivity index (χ1n) is 1.90. The molecule has 0 heterocycles. The number of hydrogen-bond donors (Lipinski definition) is 2. The van der Waals surface area contributed by atoms with Crippen LogP contribution in [0.5, 0.6) is 0 Å². The van der Waals surface area contributed by atoms with Crippen molar-refractivity contribution in [2.75, 3.05) is 5.75 Å². The van der Waals surface area contributed by atoms with E-state index in [2.05, 4.69) is 0 Å². The maximum absolute atomic E-state index is 8.60. The molecule has 0 aromatic rings. The molecule has 6 heteroatoms. The molecule has 8 heavy (non-hydrogen) atoms. The highest BCUT2D eigenvalue weighted by molar-refractivity contribution is 8.48. The van der Waals surface area contributed by atoms with Crippen molar-refractivity contribution in [1.82, 2.24) is 0 Å². The fourth-order valence-electron chi connectivity index (χ4n) is 0.164. The second kappa shape index (κ2) is 3.45. The summed E-state index contributed by atoms with van der Waals surface area (Å²) in [6.45, 7) is 1.75. The summed E-state index contributed by atoms with van der Waals surface area (Å²) in [5.41, 5.74) is 0. The molecule has 0 saturated heterocycles. The van der Waals surface area contributed by atoms with Gasteiger partial charge in [-0.05, 0) is 31.2 Å². The van der Waals surface area contributed by atoms with Gasteiger partial charge in [-0.15, -0.1) is 0 Å². The molecule has 52 valence electrons. The Balaban J connectivity index is 4.28. The summed E-state index contributed by atoms with van der Waals surface area (Å²) < 4.78 is 0. The Bertz CT molecular complexity index is 122. The van der Waals surface area contributed by atoms with Gasteiger partial charge in [0.05, 0.1) is 0 Å². The first-order chi connectivity index (χ1) is 3.48. The Morgan fingerprint density at radius 3 is 2.00 bits per heavy atom. The molecule has 0 bridgehead atoms. The minimum absolute atomic E-state index is 0.506. The zero-order chi connectivity index (χ0) is 6.78. The zero-order valence-electron chi connectivity index (χ0n) is 4.21. The molecule has 2 N–H and O–H groups in total. The number of rotatable bonds is 1. The second-order valence-corrected chi connectivity index (χ2v) is 9.83. The fourth-order valence-corrected chi connectivity index (χ4v) is 2.36. The standard InChI is InChI=1S/C2H7Cl2O2PS/c1-2-8(4)7(3,5)6/h5-6H,2H2,1H3. The van der Waals surface area contributed by atoms with Crippen molar-refractivity contribution >= 4 is 37.1 Å². The molecule has 0 rings (SSSR count). The van der Waals surface area contributed by atoms with Crippen molar-refractivity contribution in [3.63, 3.8) is 0 Å². The Labute approximate surface area is 59.8 Å². The largest absolute Gasteiger partial charge is 0.337 e. The van der Waals surface area contributed by atoms with Crippen LogP contribution in [0, 0.1) is 0 Å². The molecule has 0 aliphatic rings. The lowest BCUT2D eigenvalue weighted by Gasteiger charge is -2.03. The van der Waals surface area contributed by atoms with Gasteiger partial charge in [0.25, 0.3) is 0 Å². The quantitative estimate of drug-likeness (QED) is 0.627. The van der Waals surface area contributed by atoms with Crippen LogP contribution >= 0.6 is 27.8 Å². The molecule has 0 spiro atoms. The van der Waals surface area contributed by atoms with Crippen LogP contribution in [-0.4, -0.2) is 15.5 Å². The molecule has 0 aliphatic heterocycles. The average molecular weight is 197 g/mol. The topological polar surface area (TPSA) is 40.5 Å². The summed E-state index contributed by atoms with van der Waals surface area (Å²) in [6, 6.07) is 0. The summed E-state index contributed by atoms with van der Waals surface area (Å²) in [4.78, 5) is 17.2. The minimum Gasteiger partial charge on any atom is -0.337 e. The first-order valence-corrected chi connectivity index (χ1v) is 7.33. The highest BCUT2D eigenvalue weighted by Crippen LogP contribution is 2.48. The van der Waals surface area contributed by atoms with Crippen molar-refractivity contribution in [2.45, 2.75) is 6.92 Å². The molecule has 0 aromatic heterocycles. The Hall–Kier alpha value is 1.28. The normalized spacial score (nSPS) is 16.1. The average Bonchev–Trinajstić information content (AvgIpc) is 1.62. The molecule has 1 unspecified atom stereocenters. The third-order valence-corrected chi connectivity index (χ3v) is 8.28. The van der Waals surface area contributed by atoms with Gasteiger partial charge in [0.1, 0.15) is 0 Å². The van der Waals surface area contributed by atoms with E-state index in [-0.39, 0.29) is 0 Å². The molecule has 0 fully saturated rings. The van der Waals surface area contributed by atoms with Crippen molar-refractivity contribution in [3.05, 3.63) is 0 Å². The SMILES string of the molecule is CCS(Cl)=P(O)(O)Cl. The van der Waals surface area contributed by atoms with Gasteiger partial charge in [-0.25, -0.2) is 0 Å². The summed E-state index contributed by atoms with van der Waals surface area (Å²) in [5, 5.41) is 0. The zero-order valence-corrected chi connectivity index (χ0v) is 7.44. The third kappa shape index (κ3) is 3.33. The Morgan fingerprint density at radius 2 is 2.00 bits per heavy atom. The summed E-state index contributed by atoms with van der Waals surface area (Å²) >= 11 is 5.09. The Kier molecular flexibility index (Phi) is 4.00. The summed E-state index contributed by atoms with van der Waals surface area (Å²) in [7, 11) is 4.45. The van der Waals surface area contributed by atoms with Crippen LogP contribution in [0.2, 0.25) is 0 Å². The highest BCUT2D eigenvalue weighted by atomic mass is 35.8. The van der Waals surface area contributed by atoms with Crippen molar-refractivity contribution in [3.8, 4) is 0 Å². The third-order valence-electron chi connectivity index (χ3n) is 0.490. The van der Waals surface area contributed by atoms with E-state index in [1.54, 1.807) is 6.92 Å². The van der Waals surface area contributed by atoms with E-state index < -0.39 is 15.1 Å². The van der Waals surface area contributed by atoms with Gasteiger partial charge < -0.3 is 9.79 Å². The van der Waals surface area contributed by atoms with Crippen molar-refractivity contribution in [1.29, 1.82) is 0 Å².